The maximum Gasteiger partial charge on any atom is 0.260 e. The van der Waals surface area contributed by atoms with Gasteiger partial charge >= 0.3 is 0 Å². The molecule has 3 N–H and O–H groups in total. The molecule has 1 amide bonds. The highest BCUT2D eigenvalue weighted by Gasteiger charge is 2.26. The van der Waals surface area contributed by atoms with Gasteiger partial charge in [-0.1, -0.05) is 6.07 Å². The molecule has 4 rings (SSSR count). The van der Waals surface area contributed by atoms with Gasteiger partial charge in [-0.25, -0.2) is 14.1 Å². The molecule has 1 aromatic carbocycles. The van der Waals surface area contributed by atoms with E-state index in [9.17, 15) is 9.00 Å². The zero-order chi connectivity index (χ0) is 19.0. The number of rotatable bonds is 4. The quantitative estimate of drug-likeness (QED) is 0.820. The molecule has 2 aliphatic carbocycles. The summed E-state index contributed by atoms with van der Waals surface area (Å²) in [5.74, 6) is -0.367. The van der Waals surface area contributed by atoms with Crippen LogP contribution in [0.4, 0.5) is 0 Å². The van der Waals surface area contributed by atoms with Gasteiger partial charge in [-0.3, -0.25) is 4.79 Å². The summed E-state index contributed by atoms with van der Waals surface area (Å²) in [4.78, 5) is 14.8. The topological polar surface area (TPSA) is 87.8 Å². The molecule has 1 aromatic rings. The van der Waals surface area contributed by atoms with E-state index in [1.807, 2.05) is 7.05 Å². The molecule has 2 unspecified atom stereocenters. The van der Waals surface area contributed by atoms with Gasteiger partial charge in [-0.2, -0.15) is 0 Å². The fourth-order valence-corrected chi connectivity index (χ4v) is 6.10. The molecule has 1 fully saturated rings. The highest BCUT2D eigenvalue weighted by atomic mass is 32.2. The number of aryl methyl sites for hydroxylation is 2. The molecule has 27 heavy (non-hydrogen) atoms. The number of benzene rings is 1. The monoisotopic (exact) mass is 390 g/mol. The van der Waals surface area contributed by atoms with Gasteiger partial charge in [0.2, 0.25) is 0 Å². The number of carbonyl (C=O) groups is 1. The van der Waals surface area contributed by atoms with Crippen LogP contribution in [0.3, 0.4) is 0 Å². The Balaban J connectivity index is 1.53. The molecule has 0 saturated carbocycles. The Kier molecular flexibility index (Phi) is 5.38. The number of piperidine rings is 1. The van der Waals surface area contributed by atoms with Crippen LogP contribution in [0.2, 0.25) is 0 Å². The molecule has 3 aliphatic rings. The van der Waals surface area contributed by atoms with Crippen LogP contribution in [-0.2, 0) is 47.0 Å². The van der Waals surface area contributed by atoms with Crippen molar-refractivity contribution in [2.24, 2.45) is 9.50 Å². The summed E-state index contributed by atoms with van der Waals surface area (Å²) in [6.45, 7) is 1.81. The average molecular weight is 391 g/mol. The molecule has 1 heterocycles. The molecule has 6 nitrogen and oxygen atoms in total. The molecule has 0 aromatic heterocycles. The fourth-order valence-electron chi connectivity index (χ4n) is 5.01. The van der Waals surface area contributed by atoms with Crippen LogP contribution in [0.25, 0.3) is 0 Å². The van der Waals surface area contributed by atoms with Gasteiger partial charge < -0.3 is 4.90 Å². The predicted octanol–water partition coefficient (Wildman–Crippen LogP) is 1.67. The van der Waals surface area contributed by atoms with Crippen LogP contribution >= 0.6 is 0 Å². The maximum atomic E-state index is 12.7. The number of nitrogens with one attached hydrogen (secondary N) is 1. The first-order valence-electron chi connectivity index (χ1n) is 10.1. The second-order valence-corrected chi connectivity index (χ2v) is 9.84. The number of likely N-dealkylation sites (tertiary alicyclic amines) is 1. The molecular weight excluding hydrogens is 360 g/mol. The van der Waals surface area contributed by atoms with Gasteiger partial charge in [-0.05, 0) is 92.8 Å². The van der Waals surface area contributed by atoms with Crippen LogP contribution in [0.1, 0.15) is 53.5 Å². The Hall–Kier alpha value is -1.28. The van der Waals surface area contributed by atoms with Crippen molar-refractivity contribution in [3.8, 4) is 0 Å². The van der Waals surface area contributed by atoms with Gasteiger partial charge in [0.25, 0.3) is 5.91 Å². The number of fused-ring (bicyclic) bond motifs is 2. The Morgan fingerprint density at radius 1 is 1.22 bits per heavy atom. The lowest BCUT2D eigenvalue weighted by Gasteiger charge is -2.30. The van der Waals surface area contributed by atoms with Crippen LogP contribution in [0.5, 0.6) is 0 Å². The summed E-state index contributed by atoms with van der Waals surface area (Å²) in [5.41, 5.74) is 6.62. The summed E-state index contributed by atoms with van der Waals surface area (Å²) < 4.78 is 19.5. The van der Waals surface area contributed by atoms with Crippen molar-refractivity contribution in [1.29, 1.82) is 0 Å². The first kappa shape index (κ1) is 19.1. The Labute approximate surface area is 162 Å². The molecule has 1 saturated heterocycles. The van der Waals surface area contributed by atoms with Gasteiger partial charge in [0.15, 0.2) is 10.1 Å². The largest absolute Gasteiger partial charge is 0.305 e. The number of hydrogen-bond acceptors (Lipinski definition) is 3. The summed E-state index contributed by atoms with van der Waals surface area (Å²) >= 11 is 0. The van der Waals surface area contributed by atoms with Crippen LogP contribution in [-0.4, -0.2) is 41.2 Å². The lowest BCUT2D eigenvalue weighted by molar-refractivity contribution is -0.117. The average Bonchev–Trinajstić information content (AvgIpc) is 3.22. The number of carbonyl (C=O) groups excluding carboxylic acids is 1. The zero-order valence-corrected chi connectivity index (χ0v) is 16.9. The van der Waals surface area contributed by atoms with Crippen molar-refractivity contribution < 1.29 is 9.00 Å². The van der Waals surface area contributed by atoms with Crippen LogP contribution in [0, 0.1) is 0 Å². The number of likely N-dealkylation sites (N-methyl/N-ethyl adjacent to an activating group) is 1. The summed E-state index contributed by atoms with van der Waals surface area (Å²) in [6, 6.07) is 2.37. The maximum absolute atomic E-state index is 12.7. The van der Waals surface area contributed by atoms with E-state index in [0.717, 1.165) is 70.0 Å². The molecule has 0 spiro atoms. The summed E-state index contributed by atoms with van der Waals surface area (Å²) in [5, 5.41) is 5.88. The van der Waals surface area contributed by atoms with E-state index < -0.39 is 10.1 Å². The first-order valence-corrected chi connectivity index (χ1v) is 11.7. The molecule has 0 bridgehead atoms. The lowest BCUT2D eigenvalue weighted by atomic mass is 9.92. The third-order valence-electron chi connectivity index (χ3n) is 6.12. The van der Waals surface area contributed by atoms with Crippen molar-refractivity contribution in [3.05, 3.63) is 33.9 Å². The fraction of sp³-hybridized carbons (Fsp3) is 0.650. The molecule has 2 atom stereocenters. The Morgan fingerprint density at radius 3 is 2.52 bits per heavy atom. The molecular formula is C20H30N4O2S. The lowest BCUT2D eigenvalue weighted by Crippen LogP contribution is -2.48. The van der Waals surface area contributed by atoms with Gasteiger partial charge in [0.1, 0.15) is 0 Å². The van der Waals surface area contributed by atoms with Crippen molar-refractivity contribution in [3.63, 3.8) is 0 Å². The second-order valence-electron chi connectivity index (χ2n) is 8.29. The predicted molar refractivity (Wildman–Crippen MR) is 108 cm³/mol. The third-order valence-corrected chi connectivity index (χ3v) is 7.27. The van der Waals surface area contributed by atoms with E-state index >= 15 is 0 Å². The van der Waals surface area contributed by atoms with Crippen LogP contribution < -0.4 is 9.86 Å². The minimum absolute atomic E-state index is 0.0167. The molecule has 0 radical (unpaired) electrons. The number of hydrogen-bond donors (Lipinski definition) is 2. The minimum atomic E-state index is -3.20. The van der Waals surface area contributed by atoms with Gasteiger partial charge in [0.05, 0.1) is 6.42 Å². The normalized spacial score (nSPS) is 24.3. The van der Waals surface area contributed by atoms with Gasteiger partial charge in [-0.15, -0.1) is 4.36 Å². The summed E-state index contributed by atoms with van der Waals surface area (Å²) in [7, 11) is -1.17. The second kappa shape index (κ2) is 7.62. The highest BCUT2D eigenvalue weighted by Crippen LogP contribution is 2.35. The smallest absolute Gasteiger partial charge is 0.260 e. The highest BCUT2D eigenvalue weighted by molar-refractivity contribution is 7.89. The van der Waals surface area contributed by atoms with E-state index in [0.29, 0.717) is 0 Å². The molecule has 7 heteroatoms. The summed E-state index contributed by atoms with van der Waals surface area (Å²) in [6.07, 6.45) is 8.75. The van der Waals surface area contributed by atoms with Crippen molar-refractivity contribution in [2.75, 3.05) is 20.1 Å². The van der Waals surface area contributed by atoms with E-state index in [-0.39, 0.29) is 18.4 Å². The Bertz CT molecular complexity index is 841. The van der Waals surface area contributed by atoms with E-state index in [2.05, 4.69) is 20.1 Å². The number of amides is 1. The Morgan fingerprint density at radius 2 is 1.89 bits per heavy atom. The van der Waals surface area contributed by atoms with E-state index in [1.165, 1.54) is 22.3 Å². The van der Waals surface area contributed by atoms with Crippen molar-refractivity contribution in [1.82, 2.24) is 9.62 Å². The van der Waals surface area contributed by atoms with E-state index in [1.54, 1.807) is 0 Å². The number of nitrogens with zero attached hydrogens (tertiary/aromatic N) is 2. The molecule has 148 valence electrons. The number of nitrogens with two attached hydrogens (primary N) is 1. The third kappa shape index (κ3) is 4.26. The van der Waals surface area contributed by atoms with Gasteiger partial charge in [0, 0.05) is 12.6 Å². The first-order chi connectivity index (χ1) is 12.9. The zero-order valence-electron chi connectivity index (χ0n) is 16.1. The minimum Gasteiger partial charge on any atom is -0.305 e. The standard InChI is InChI=1S/C20H30N4O2S/c1-24-10-4-7-16(13-24)22-27(21,26)23-20(25)12-19-17-8-2-5-14(17)11-15-6-3-9-18(15)19/h11,16H,2-10,12-13H2,1H3,(H3,21,22,23,25,26). The van der Waals surface area contributed by atoms with Crippen molar-refractivity contribution in [2.45, 2.75) is 63.8 Å². The SMILES string of the molecule is CN1CCCC(NS(N)(=O)=NC(=O)Cc2c3c(cc4c2CCC4)CCC3)C1. The van der Waals surface area contributed by atoms with Crippen molar-refractivity contribution >= 4 is 16.0 Å². The van der Waals surface area contributed by atoms with E-state index in [4.69, 9.17) is 5.14 Å². The molecule has 1 aliphatic heterocycles. The van der Waals surface area contributed by atoms with Crippen LogP contribution in [0.15, 0.2) is 10.4 Å².